The van der Waals surface area contributed by atoms with Gasteiger partial charge in [-0.2, -0.15) is 0 Å². The van der Waals surface area contributed by atoms with E-state index in [2.05, 4.69) is 0 Å². The van der Waals surface area contributed by atoms with E-state index in [1.54, 1.807) is 6.07 Å². The molecule has 1 rings (SSSR count). The Kier molecular flexibility index (Phi) is 4.37. The third-order valence-corrected chi connectivity index (χ3v) is 1.60. The average Bonchev–Trinajstić information content (AvgIpc) is 2.18. The van der Waals surface area contributed by atoms with Gasteiger partial charge in [-0.3, -0.25) is 0 Å². The molecule has 0 heterocycles. The Hall–Kier alpha value is -1.29. The maximum atomic E-state index is 12.9. The quantitative estimate of drug-likeness (QED) is 0.705. The summed E-state index contributed by atoms with van der Waals surface area (Å²) in [5, 5.41) is 0. The molecule has 0 spiro atoms. The molecule has 0 saturated heterocycles. The molecule has 0 amide bonds. The zero-order chi connectivity index (χ0) is 11.3. The summed E-state index contributed by atoms with van der Waals surface area (Å²) < 4.78 is 28.3. The van der Waals surface area contributed by atoms with Crippen molar-refractivity contribution in [1.82, 2.24) is 0 Å². The van der Waals surface area contributed by atoms with Gasteiger partial charge in [0, 0.05) is 13.2 Å². The Balaban J connectivity index is 2.82. The van der Waals surface area contributed by atoms with Crippen molar-refractivity contribution in [3.8, 4) is 11.5 Å². The van der Waals surface area contributed by atoms with Gasteiger partial charge in [-0.1, -0.05) is 0 Å². The van der Waals surface area contributed by atoms with Gasteiger partial charge in [-0.25, -0.2) is 4.39 Å². The van der Waals surface area contributed by atoms with Crippen LogP contribution in [-0.4, -0.2) is 20.0 Å². The van der Waals surface area contributed by atoms with Gasteiger partial charge in [-0.15, -0.1) is 0 Å². The van der Waals surface area contributed by atoms with Crippen molar-refractivity contribution in [1.29, 1.82) is 0 Å². The third kappa shape index (κ3) is 3.75. The minimum atomic E-state index is -0.364. The van der Waals surface area contributed by atoms with Crippen molar-refractivity contribution in [3.05, 3.63) is 24.0 Å². The predicted molar refractivity (Wildman–Crippen MR) is 54.7 cm³/mol. The van der Waals surface area contributed by atoms with Crippen molar-refractivity contribution >= 4 is 0 Å². The van der Waals surface area contributed by atoms with E-state index in [4.69, 9.17) is 14.2 Å². The van der Waals surface area contributed by atoms with Crippen LogP contribution in [0.1, 0.15) is 13.8 Å². The van der Waals surface area contributed by atoms with E-state index in [0.717, 1.165) is 0 Å². The van der Waals surface area contributed by atoms with E-state index in [9.17, 15) is 4.39 Å². The summed E-state index contributed by atoms with van der Waals surface area (Å²) in [4.78, 5) is 0. The Morgan fingerprint density at radius 2 is 2.00 bits per heavy atom. The smallest absolute Gasteiger partial charge is 0.188 e. The molecular formula is C11H15FO3. The lowest BCUT2D eigenvalue weighted by molar-refractivity contribution is 0.0474. The molecule has 4 heteroatoms. The molecule has 0 unspecified atom stereocenters. The van der Waals surface area contributed by atoms with Gasteiger partial charge in [0.1, 0.15) is 5.82 Å². The second-order valence-electron chi connectivity index (χ2n) is 3.31. The zero-order valence-corrected chi connectivity index (χ0v) is 9.12. The number of ether oxygens (including phenoxy) is 3. The van der Waals surface area contributed by atoms with Crippen molar-refractivity contribution in [2.75, 3.05) is 13.9 Å². The van der Waals surface area contributed by atoms with Crippen LogP contribution in [-0.2, 0) is 4.74 Å². The lowest BCUT2D eigenvalue weighted by atomic mass is 10.3. The molecule has 15 heavy (non-hydrogen) atoms. The number of benzene rings is 1. The molecule has 0 aliphatic rings. The standard InChI is InChI=1S/C11H15FO3/c1-8(2)15-10-5-4-9(12)6-11(10)14-7-13-3/h4-6,8H,7H2,1-3H3. The highest BCUT2D eigenvalue weighted by Gasteiger charge is 2.08. The van der Waals surface area contributed by atoms with E-state index >= 15 is 0 Å². The van der Waals surface area contributed by atoms with Gasteiger partial charge in [0.2, 0.25) is 0 Å². The fourth-order valence-corrected chi connectivity index (χ4v) is 1.07. The van der Waals surface area contributed by atoms with Crippen LogP contribution in [0, 0.1) is 5.82 Å². The lowest BCUT2D eigenvalue weighted by Gasteiger charge is -2.14. The molecule has 1 aromatic carbocycles. The third-order valence-electron chi connectivity index (χ3n) is 1.60. The summed E-state index contributed by atoms with van der Waals surface area (Å²) >= 11 is 0. The normalized spacial score (nSPS) is 10.5. The van der Waals surface area contributed by atoms with Crippen LogP contribution < -0.4 is 9.47 Å². The fraction of sp³-hybridized carbons (Fsp3) is 0.455. The zero-order valence-electron chi connectivity index (χ0n) is 9.12. The van der Waals surface area contributed by atoms with E-state index in [1.807, 2.05) is 13.8 Å². The molecule has 0 aromatic heterocycles. The van der Waals surface area contributed by atoms with Crippen LogP contribution in [0.3, 0.4) is 0 Å². The van der Waals surface area contributed by atoms with E-state index in [1.165, 1.54) is 19.2 Å². The Morgan fingerprint density at radius 3 is 2.60 bits per heavy atom. The number of methoxy groups -OCH3 is 1. The van der Waals surface area contributed by atoms with Crippen LogP contribution in [0.25, 0.3) is 0 Å². The minimum Gasteiger partial charge on any atom is -0.487 e. The number of halogens is 1. The molecule has 1 aromatic rings. The summed E-state index contributed by atoms with van der Waals surface area (Å²) in [6, 6.07) is 4.15. The molecule has 0 saturated carbocycles. The first kappa shape index (κ1) is 11.8. The number of hydrogen-bond acceptors (Lipinski definition) is 3. The average molecular weight is 214 g/mol. The minimum absolute atomic E-state index is 0.0142. The van der Waals surface area contributed by atoms with Crippen LogP contribution in [0.2, 0.25) is 0 Å². The van der Waals surface area contributed by atoms with Gasteiger partial charge in [0.05, 0.1) is 6.10 Å². The van der Waals surface area contributed by atoms with Crippen molar-refractivity contribution in [2.24, 2.45) is 0 Å². The molecule has 3 nitrogen and oxygen atoms in total. The van der Waals surface area contributed by atoms with Crippen LogP contribution in [0.4, 0.5) is 4.39 Å². The molecular weight excluding hydrogens is 199 g/mol. The van der Waals surface area contributed by atoms with E-state index in [0.29, 0.717) is 11.5 Å². The van der Waals surface area contributed by atoms with Gasteiger partial charge >= 0.3 is 0 Å². The fourth-order valence-electron chi connectivity index (χ4n) is 1.07. The number of rotatable bonds is 5. The lowest BCUT2D eigenvalue weighted by Crippen LogP contribution is -2.08. The van der Waals surface area contributed by atoms with Gasteiger partial charge < -0.3 is 14.2 Å². The van der Waals surface area contributed by atoms with E-state index in [-0.39, 0.29) is 18.7 Å². The molecule has 0 N–H and O–H groups in total. The summed E-state index contributed by atoms with van der Waals surface area (Å²) in [6.45, 7) is 3.85. The monoisotopic (exact) mass is 214 g/mol. The van der Waals surface area contributed by atoms with Crippen LogP contribution in [0.5, 0.6) is 11.5 Å². The van der Waals surface area contributed by atoms with E-state index < -0.39 is 0 Å². The van der Waals surface area contributed by atoms with Crippen molar-refractivity contribution in [3.63, 3.8) is 0 Å². The highest BCUT2D eigenvalue weighted by Crippen LogP contribution is 2.28. The SMILES string of the molecule is COCOc1cc(F)ccc1OC(C)C. The summed E-state index contributed by atoms with van der Waals surface area (Å²) in [6.07, 6.45) is 0.0142. The largest absolute Gasteiger partial charge is 0.487 e. The van der Waals surface area contributed by atoms with Crippen molar-refractivity contribution in [2.45, 2.75) is 20.0 Å². The second kappa shape index (κ2) is 5.56. The second-order valence-corrected chi connectivity index (χ2v) is 3.31. The summed E-state index contributed by atoms with van der Waals surface area (Å²) in [5.41, 5.74) is 0. The first-order valence-corrected chi connectivity index (χ1v) is 4.71. The van der Waals surface area contributed by atoms with Crippen LogP contribution >= 0.6 is 0 Å². The summed E-state index contributed by atoms with van der Waals surface area (Å²) in [5.74, 6) is 0.506. The Bertz CT molecular complexity index is 313. The highest BCUT2D eigenvalue weighted by atomic mass is 19.1. The number of hydrogen-bond donors (Lipinski definition) is 0. The predicted octanol–water partition coefficient (Wildman–Crippen LogP) is 2.60. The molecule has 0 bridgehead atoms. The molecule has 0 fully saturated rings. The van der Waals surface area contributed by atoms with Gasteiger partial charge in [0.15, 0.2) is 18.3 Å². The van der Waals surface area contributed by atoms with Gasteiger partial charge in [-0.05, 0) is 26.0 Å². The topological polar surface area (TPSA) is 27.7 Å². The summed E-state index contributed by atoms with van der Waals surface area (Å²) in [7, 11) is 1.50. The molecule has 84 valence electrons. The van der Waals surface area contributed by atoms with Crippen LogP contribution in [0.15, 0.2) is 18.2 Å². The first-order chi connectivity index (χ1) is 7.13. The first-order valence-electron chi connectivity index (χ1n) is 4.71. The maximum absolute atomic E-state index is 12.9. The molecule has 0 radical (unpaired) electrons. The van der Waals surface area contributed by atoms with Crippen molar-refractivity contribution < 1.29 is 18.6 Å². The molecule has 0 aliphatic heterocycles. The maximum Gasteiger partial charge on any atom is 0.188 e. The Labute approximate surface area is 88.8 Å². The highest BCUT2D eigenvalue weighted by molar-refractivity contribution is 5.40. The van der Waals surface area contributed by atoms with Gasteiger partial charge in [0.25, 0.3) is 0 Å². The molecule has 0 aliphatic carbocycles. The molecule has 0 atom stereocenters. The Morgan fingerprint density at radius 1 is 1.27 bits per heavy atom.